The Balaban J connectivity index is 1.98. The van der Waals surface area contributed by atoms with Crippen LogP contribution in [0.5, 0.6) is 0 Å². The van der Waals surface area contributed by atoms with Gasteiger partial charge < -0.3 is 5.73 Å². The second kappa shape index (κ2) is 4.90. The normalized spacial score (nSPS) is 10.7. The molecule has 0 unspecified atom stereocenters. The summed E-state index contributed by atoms with van der Waals surface area (Å²) in [6.07, 6.45) is 3.69. The number of carbonyl (C=O) groups excluding carboxylic acids is 1. The molecule has 2 aromatic heterocycles. The minimum Gasteiger partial charge on any atom is -0.366 e. The van der Waals surface area contributed by atoms with E-state index in [4.69, 9.17) is 5.73 Å². The molecule has 6 heteroatoms. The van der Waals surface area contributed by atoms with Crippen molar-refractivity contribution in [3.63, 3.8) is 0 Å². The topological polar surface area (TPSA) is 73.8 Å². The first kappa shape index (κ1) is 12.6. The average Bonchev–Trinajstić information content (AvgIpc) is 3.07. The molecule has 1 amide bonds. The number of nitrogens with zero attached hydrogens (tertiary/aromatic N) is 3. The Morgan fingerprint density at radius 2 is 2.20 bits per heavy atom. The third-order valence-electron chi connectivity index (χ3n) is 2.90. The number of nitrogens with two attached hydrogens (primary N) is 1. The van der Waals surface area contributed by atoms with E-state index in [1.54, 1.807) is 29.1 Å². The number of carbonyl (C=O) groups is 1. The molecular formula is C14H12N4OS. The van der Waals surface area contributed by atoms with E-state index in [0.29, 0.717) is 5.56 Å². The first-order valence-corrected chi connectivity index (χ1v) is 6.86. The molecule has 3 rings (SSSR count). The fraction of sp³-hybridized carbons (Fsp3) is 0.0714. The van der Waals surface area contributed by atoms with Crippen LogP contribution in [0.1, 0.15) is 10.4 Å². The molecule has 0 aliphatic rings. The van der Waals surface area contributed by atoms with Crippen LogP contribution in [0.3, 0.4) is 0 Å². The van der Waals surface area contributed by atoms with Gasteiger partial charge in [0.1, 0.15) is 5.01 Å². The lowest BCUT2D eigenvalue weighted by Gasteiger charge is -1.99. The molecule has 0 saturated carbocycles. The van der Waals surface area contributed by atoms with Crippen LogP contribution in [0.15, 0.2) is 42.0 Å². The third-order valence-corrected chi connectivity index (χ3v) is 3.79. The Morgan fingerprint density at radius 3 is 2.90 bits per heavy atom. The fourth-order valence-electron chi connectivity index (χ4n) is 1.90. The predicted molar refractivity (Wildman–Crippen MR) is 78.3 cm³/mol. The van der Waals surface area contributed by atoms with Crippen molar-refractivity contribution in [2.75, 3.05) is 0 Å². The van der Waals surface area contributed by atoms with Crippen LogP contribution >= 0.6 is 11.3 Å². The van der Waals surface area contributed by atoms with E-state index in [-0.39, 0.29) is 0 Å². The minimum atomic E-state index is -0.434. The van der Waals surface area contributed by atoms with Gasteiger partial charge in [0.05, 0.1) is 11.9 Å². The molecule has 20 heavy (non-hydrogen) atoms. The molecule has 5 nitrogen and oxygen atoms in total. The monoisotopic (exact) mass is 284 g/mol. The Morgan fingerprint density at radius 1 is 1.35 bits per heavy atom. The van der Waals surface area contributed by atoms with Gasteiger partial charge >= 0.3 is 0 Å². The van der Waals surface area contributed by atoms with Crippen molar-refractivity contribution >= 4 is 17.2 Å². The highest BCUT2D eigenvalue weighted by Gasteiger charge is 2.09. The molecule has 1 aromatic carbocycles. The summed E-state index contributed by atoms with van der Waals surface area (Å²) in [5.74, 6) is -0.434. The van der Waals surface area contributed by atoms with Gasteiger partial charge in [0.2, 0.25) is 5.91 Å². The van der Waals surface area contributed by atoms with Crippen molar-refractivity contribution in [3.8, 4) is 21.8 Å². The second-order valence-electron chi connectivity index (χ2n) is 4.39. The highest BCUT2D eigenvalue weighted by atomic mass is 32.1. The first-order chi connectivity index (χ1) is 9.63. The highest BCUT2D eigenvalue weighted by Crippen LogP contribution is 2.28. The number of aryl methyl sites for hydroxylation is 1. The van der Waals surface area contributed by atoms with Gasteiger partial charge in [-0.3, -0.25) is 9.48 Å². The van der Waals surface area contributed by atoms with Gasteiger partial charge in [0.25, 0.3) is 0 Å². The Labute approximate surface area is 119 Å². The summed E-state index contributed by atoms with van der Waals surface area (Å²) in [5, 5.41) is 6.96. The summed E-state index contributed by atoms with van der Waals surface area (Å²) in [4.78, 5) is 15.8. The maximum Gasteiger partial charge on any atom is 0.248 e. The highest BCUT2D eigenvalue weighted by molar-refractivity contribution is 7.13. The summed E-state index contributed by atoms with van der Waals surface area (Å²) >= 11 is 1.53. The van der Waals surface area contributed by atoms with Crippen LogP contribution in [0.4, 0.5) is 0 Å². The van der Waals surface area contributed by atoms with Crippen LogP contribution in [-0.4, -0.2) is 20.7 Å². The molecule has 3 aromatic rings. The van der Waals surface area contributed by atoms with Crippen molar-refractivity contribution in [2.45, 2.75) is 0 Å². The zero-order valence-electron chi connectivity index (χ0n) is 10.8. The SMILES string of the molecule is Cn1cc(-c2csc(-c3cccc(C(N)=O)c3)n2)cn1. The summed E-state index contributed by atoms with van der Waals surface area (Å²) in [5.41, 5.74) is 8.52. The molecule has 2 heterocycles. The van der Waals surface area contributed by atoms with E-state index in [0.717, 1.165) is 21.8 Å². The minimum absolute atomic E-state index is 0.434. The molecule has 0 spiro atoms. The van der Waals surface area contributed by atoms with Gasteiger partial charge in [-0.2, -0.15) is 5.10 Å². The van der Waals surface area contributed by atoms with Gasteiger partial charge in [0, 0.05) is 35.3 Å². The molecule has 0 bridgehead atoms. The van der Waals surface area contributed by atoms with Gasteiger partial charge in [-0.25, -0.2) is 4.98 Å². The molecule has 0 fully saturated rings. The van der Waals surface area contributed by atoms with Crippen LogP contribution in [0, 0.1) is 0 Å². The van der Waals surface area contributed by atoms with Crippen LogP contribution in [0.25, 0.3) is 21.8 Å². The smallest absolute Gasteiger partial charge is 0.248 e. The van der Waals surface area contributed by atoms with Gasteiger partial charge in [0.15, 0.2) is 0 Å². The van der Waals surface area contributed by atoms with Crippen molar-refractivity contribution in [3.05, 3.63) is 47.6 Å². The van der Waals surface area contributed by atoms with Crippen LogP contribution in [0.2, 0.25) is 0 Å². The number of hydrogen-bond acceptors (Lipinski definition) is 4. The number of amides is 1. The van der Waals surface area contributed by atoms with Crippen molar-refractivity contribution in [1.29, 1.82) is 0 Å². The number of benzene rings is 1. The zero-order chi connectivity index (χ0) is 14.1. The maximum atomic E-state index is 11.2. The van der Waals surface area contributed by atoms with Crippen LogP contribution < -0.4 is 5.73 Å². The second-order valence-corrected chi connectivity index (χ2v) is 5.24. The molecule has 0 aliphatic heterocycles. The average molecular weight is 284 g/mol. The molecule has 0 aliphatic carbocycles. The maximum absolute atomic E-state index is 11.2. The molecule has 0 radical (unpaired) electrons. The molecular weight excluding hydrogens is 272 g/mol. The summed E-state index contributed by atoms with van der Waals surface area (Å²) in [7, 11) is 1.87. The lowest BCUT2D eigenvalue weighted by atomic mass is 10.1. The number of hydrogen-bond donors (Lipinski definition) is 1. The molecule has 0 atom stereocenters. The predicted octanol–water partition coefficient (Wildman–Crippen LogP) is 2.31. The van der Waals surface area contributed by atoms with Gasteiger partial charge in [-0.05, 0) is 12.1 Å². The van der Waals surface area contributed by atoms with Gasteiger partial charge in [-0.15, -0.1) is 11.3 Å². The number of rotatable bonds is 3. The van der Waals surface area contributed by atoms with Crippen molar-refractivity contribution < 1.29 is 4.79 Å². The lowest BCUT2D eigenvalue weighted by Crippen LogP contribution is -2.10. The Bertz CT molecular complexity index is 775. The van der Waals surface area contributed by atoms with E-state index in [1.165, 1.54) is 11.3 Å². The largest absolute Gasteiger partial charge is 0.366 e. The third kappa shape index (κ3) is 2.33. The van der Waals surface area contributed by atoms with Crippen LogP contribution in [-0.2, 0) is 7.05 Å². The molecule has 0 saturated heterocycles. The zero-order valence-corrected chi connectivity index (χ0v) is 11.6. The van der Waals surface area contributed by atoms with E-state index >= 15 is 0 Å². The molecule has 2 N–H and O–H groups in total. The van der Waals surface area contributed by atoms with Crippen molar-refractivity contribution in [2.24, 2.45) is 12.8 Å². The Kier molecular flexibility index (Phi) is 3.08. The number of primary amides is 1. The summed E-state index contributed by atoms with van der Waals surface area (Å²) in [6.45, 7) is 0. The summed E-state index contributed by atoms with van der Waals surface area (Å²) < 4.78 is 1.74. The lowest BCUT2D eigenvalue weighted by molar-refractivity contribution is 0.100. The van der Waals surface area contributed by atoms with E-state index in [1.807, 2.05) is 24.7 Å². The first-order valence-electron chi connectivity index (χ1n) is 5.98. The number of thiazole rings is 1. The van der Waals surface area contributed by atoms with E-state index < -0.39 is 5.91 Å². The summed E-state index contributed by atoms with van der Waals surface area (Å²) in [6, 6.07) is 7.18. The van der Waals surface area contributed by atoms with Gasteiger partial charge in [-0.1, -0.05) is 12.1 Å². The number of aromatic nitrogens is 3. The quantitative estimate of drug-likeness (QED) is 0.802. The van der Waals surface area contributed by atoms with E-state index in [9.17, 15) is 4.79 Å². The fourth-order valence-corrected chi connectivity index (χ4v) is 2.72. The standard InChI is InChI=1S/C14H12N4OS/c1-18-7-11(6-16-18)12-8-20-14(17-12)10-4-2-3-9(5-10)13(15)19/h2-8H,1H3,(H2,15,19). The van der Waals surface area contributed by atoms with E-state index in [2.05, 4.69) is 10.1 Å². The Hall–Kier alpha value is -2.47. The molecule has 100 valence electrons. The van der Waals surface area contributed by atoms with Crippen molar-refractivity contribution in [1.82, 2.24) is 14.8 Å².